The second-order valence-electron chi connectivity index (χ2n) is 4.46. The van der Waals surface area contributed by atoms with Crippen LogP contribution in [0.5, 0.6) is 5.75 Å². The average Bonchev–Trinajstić information content (AvgIpc) is 2.33. The maximum Gasteiger partial charge on any atom is 0.119 e. The molecule has 0 radical (unpaired) electrons. The minimum absolute atomic E-state index is 0.787. The Kier molecular flexibility index (Phi) is 6.48. The van der Waals surface area contributed by atoms with E-state index in [1.165, 1.54) is 0 Å². The van der Waals surface area contributed by atoms with Crippen molar-refractivity contribution in [1.82, 2.24) is 4.90 Å². The Morgan fingerprint density at radius 2 is 1.88 bits per heavy atom. The Bertz CT molecular complexity index is 296. The number of anilines is 1. The van der Waals surface area contributed by atoms with E-state index >= 15 is 0 Å². The first-order valence-corrected chi connectivity index (χ1v) is 6.34. The summed E-state index contributed by atoms with van der Waals surface area (Å²) in [7, 11) is 4.19. The van der Waals surface area contributed by atoms with Crippen LogP contribution < -0.4 is 10.1 Å². The second kappa shape index (κ2) is 7.96. The predicted octanol–water partition coefficient (Wildman–Crippen LogP) is 2.84. The first kappa shape index (κ1) is 13.8. The number of hydrogen-bond acceptors (Lipinski definition) is 3. The van der Waals surface area contributed by atoms with Crippen LogP contribution in [0.15, 0.2) is 24.3 Å². The first-order valence-electron chi connectivity index (χ1n) is 6.34. The molecule has 0 spiro atoms. The molecule has 17 heavy (non-hydrogen) atoms. The monoisotopic (exact) mass is 236 g/mol. The summed E-state index contributed by atoms with van der Waals surface area (Å²) in [4.78, 5) is 2.20. The summed E-state index contributed by atoms with van der Waals surface area (Å²) < 4.78 is 5.53. The van der Waals surface area contributed by atoms with Gasteiger partial charge in [0.1, 0.15) is 5.75 Å². The summed E-state index contributed by atoms with van der Waals surface area (Å²) in [5.74, 6) is 0.950. The Hall–Kier alpha value is -1.22. The van der Waals surface area contributed by atoms with Gasteiger partial charge < -0.3 is 15.0 Å². The van der Waals surface area contributed by atoms with Gasteiger partial charge in [-0.2, -0.15) is 0 Å². The van der Waals surface area contributed by atoms with E-state index < -0.39 is 0 Å². The number of rotatable bonds is 8. The van der Waals surface area contributed by atoms with Crippen molar-refractivity contribution >= 4 is 5.69 Å². The van der Waals surface area contributed by atoms with E-state index in [9.17, 15) is 0 Å². The molecule has 0 aliphatic heterocycles. The normalized spacial score (nSPS) is 10.6. The van der Waals surface area contributed by atoms with Gasteiger partial charge in [-0.25, -0.2) is 0 Å². The van der Waals surface area contributed by atoms with Crippen LogP contribution in [0.1, 0.15) is 19.8 Å². The van der Waals surface area contributed by atoms with E-state index in [2.05, 4.69) is 43.4 Å². The van der Waals surface area contributed by atoms with Crippen LogP contribution in [0, 0.1) is 0 Å². The largest absolute Gasteiger partial charge is 0.494 e. The summed E-state index contributed by atoms with van der Waals surface area (Å²) >= 11 is 0. The van der Waals surface area contributed by atoms with Gasteiger partial charge in [-0.1, -0.05) is 6.92 Å². The van der Waals surface area contributed by atoms with Gasteiger partial charge in [0, 0.05) is 12.2 Å². The summed E-state index contributed by atoms with van der Waals surface area (Å²) in [5.41, 5.74) is 1.16. The van der Waals surface area contributed by atoms with E-state index in [0.717, 1.165) is 44.0 Å². The van der Waals surface area contributed by atoms with Gasteiger partial charge >= 0.3 is 0 Å². The maximum atomic E-state index is 5.53. The van der Waals surface area contributed by atoms with Crippen LogP contribution in [0.2, 0.25) is 0 Å². The lowest BCUT2D eigenvalue weighted by molar-refractivity contribution is 0.317. The quantitative estimate of drug-likeness (QED) is 0.702. The number of nitrogens with zero attached hydrogens (tertiary/aromatic N) is 1. The molecule has 0 aliphatic rings. The fraction of sp³-hybridized carbons (Fsp3) is 0.571. The fourth-order valence-electron chi connectivity index (χ4n) is 1.52. The van der Waals surface area contributed by atoms with Crippen LogP contribution in [0.4, 0.5) is 5.69 Å². The molecule has 0 aromatic heterocycles. The molecule has 0 atom stereocenters. The van der Waals surface area contributed by atoms with Crippen LogP contribution in [-0.2, 0) is 0 Å². The highest BCUT2D eigenvalue weighted by Crippen LogP contribution is 2.15. The third-order valence-corrected chi connectivity index (χ3v) is 2.44. The summed E-state index contributed by atoms with van der Waals surface area (Å²) in [6.07, 6.45) is 2.20. The van der Waals surface area contributed by atoms with E-state index in [4.69, 9.17) is 4.74 Å². The summed E-state index contributed by atoms with van der Waals surface area (Å²) in [5, 5.41) is 3.40. The lowest BCUT2D eigenvalue weighted by Gasteiger charge is -2.11. The maximum absolute atomic E-state index is 5.53. The molecule has 1 aromatic rings. The van der Waals surface area contributed by atoms with E-state index in [1.807, 2.05) is 12.1 Å². The van der Waals surface area contributed by atoms with E-state index in [0.29, 0.717) is 0 Å². The highest BCUT2D eigenvalue weighted by molar-refractivity contribution is 5.46. The van der Waals surface area contributed by atoms with Crippen molar-refractivity contribution in [2.75, 3.05) is 39.1 Å². The Morgan fingerprint density at radius 1 is 1.18 bits per heavy atom. The van der Waals surface area contributed by atoms with Crippen LogP contribution >= 0.6 is 0 Å². The molecule has 1 rings (SSSR count). The van der Waals surface area contributed by atoms with Crippen molar-refractivity contribution in [2.24, 2.45) is 0 Å². The highest BCUT2D eigenvalue weighted by atomic mass is 16.5. The Balaban J connectivity index is 2.25. The molecule has 0 bridgehead atoms. The molecule has 0 saturated heterocycles. The van der Waals surface area contributed by atoms with Crippen molar-refractivity contribution in [3.8, 4) is 5.75 Å². The first-order chi connectivity index (χ1) is 8.22. The summed E-state index contributed by atoms with van der Waals surface area (Å²) in [6.45, 7) is 5.02. The molecule has 0 amide bonds. The van der Waals surface area contributed by atoms with Gasteiger partial charge in [-0.15, -0.1) is 0 Å². The van der Waals surface area contributed by atoms with E-state index in [-0.39, 0.29) is 0 Å². The predicted molar refractivity (Wildman–Crippen MR) is 73.9 cm³/mol. The smallest absolute Gasteiger partial charge is 0.119 e. The molecule has 0 heterocycles. The topological polar surface area (TPSA) is 24.5 Å². The molecular weight excluding hydrogens is 212 g/mol. The zero-order chi connectivity index (χ0) is 12.5. The molecule has 3 nitrogen and oxygen atoms in total. The second-order valence-corrected chi connectivity index (χ2v) is 4.46. The molecular formula is C14H24N2O. The zero-order valence-corrected chi connectivity index (χ0v) is 11.2. The minimum atomic E-state index is 0.787. The van der Waals surface area contributed by atoms with Crippen molar-refractivity contribution in [3.05, 3.63) is 24.3 Å². The van der Waals surface area contributed by atoms with E-state index in [1.54, 1.807) is 0 Å². The van der Waals surface area contributed by atoms with Gasteiger partial charge in [-0.3, -0.25) is 0 Å². The van der Waals surface area contributed by atoms with Gasteiger partial charge in [0.05, 0.1) is 6.61 Å². The Morgan fingerprint density at radius 3 is 2.47 bits per heavy atom. The fourth-order valence-corrected chi connectivity index (χ4v) is 1.52. The van der Waals surface area contributed by atoms with Gasteiger partial charge in [0.2, 0.25) is 0 Å². The molecule has 1 aromatic carbocycles. The van der Waals surface area contributed by atoms with Gasteiger partial charge in [0.25, 0.3) is 0 Å². The average molecular weight is 236 g/mol. The number of ether oxygens (including phenoxy) is 1. The van der Waals surface area contributed by atoms with Gasteiger partial charge in [0.15, 0.2) is 0 Å². The molecule has 3 heteroatoms. The van der Waals surface area contributed by atoms with Crippen molar-refractivity contribution in [2.45, 2.75) is 19.8 Å². The van der Waals surface area contributed by atoms with Crippen LogP contribution in [0.3, 0.4) is 0 Å². The lowest BCUT2D eigenvalue weighted by Crippen LogP contribution is -2.16. The minimum Gasteiger partial charge on any atom is -0.494 e. The molecule has 0 fully saturated rings. The standard InChI is InChI=1S/C14H24N2O/c1-4-12-17-14-8-6-13(7-9-14)15-10-5-11-16(2)3/h6-9,15H,4-5,10-12H2,1-3H3. The third kappa shape index (κ3) is 6.17. The van der Waals surface area contributed by atoms with Gasteiger partial charge in [-0.05, 0) is 57.7 Å². The third-order valence-electron chi connectivity index (χ3n) is 2.44. The number of hydrogen-bond donors (Lipinski definition) is 1. The Labute approximate surface area is 105 Å². The number of benzene rings is 1. The van der Waals surface area contributed by atoms with Crippen molar-refractivity contribution < 1.29 is 4.74 Å². The van der Waals surface area contributed by atoms with Crippen LogP contribution in [0.25, 0.3) is 0 Å². The molecule has 96 valence electrons. The zero-order valence-electron chi connectivity index (χ0n) is 11.2. The lowest BCUT2D eigenvalue weighted by atomic mass is 10.3. The summed E-state index contributed by atoms with van der Waals surface area (Å²) in [6, 6.07) is 8.18. The number of nitrogens with one attached hydrogen (secondary N) is 1. The van der Waals surface area contributed by atoms with Crippen molar-refractivity contribution in [3.63, 3.8) is 0 Å². The molecule has 0 saturated carbocycles. The molecule has 0 unspecified atom stereocenters. The van der Waals surface area contributed by atoms with Crippen LogP contribution in [-0.4, -0.2) is 38.7 Å². The van der Waals surface area contributed by atoms with Crippen molar-refractivity contribution in [1.29, 1.82) is 0 Å². The highest BCUT2D eigenvalue weighted by Gasteiger charge is 1.95. The molecule has 1 N–H and O–H groups in total. The SMILES string of the molecule is CCCOc1ccc(NCCCN(C)C)cc1. The molecule has 0 aliphatic carbocycles.